The van der Waals surface area contributed by atoms with Gasteiger partial charge in [0, 0.05) is 43.6 Å². The average molecular weight is 926 g/mol. The van der Waals surface area contributed by atoms with Gasteiger partial charge in [-0.3, -0.25) is 24.0 Å². The lowest BCUT2D eigenvalue weighted by Crippen LogP contribution is -2.82. The fourth-order valence-corrected chi connectivity index (χ4v) is 10.6. The molecule has 4 aliphatic rings. The van der Waals surface area contributed by atoms with Gasteiger partial charge in [-0.15, -0.1) is 0 Å². The summed E-state index contributed by atoms with van der Waals surface area (Å²) in [5.74, 6) is -8.47. The Morgan fingerprint density at radius 1 is 0.851 bits per heavy atom. The summed E-state index contributed by atoms with van der Waals surface area (Å²) in [5.41, 5.74) is -7.65. The van der Waals surface area contributed by atoms with Gasteiger partial charge < -0.3 is 49.4 Å². The number of Topliss-reactive ketones (excluding diaryl/α,β-unsaturated/α-hetero) is 1. The summed E-state index contributed by atoms with van der Waals surface area (Å²) in [6.07, 6.45) is -12.2. The van der Waals surface area contributed by atoms with E-state index >= 15 is 4.79 Å². The van der Waals surface area contributed by atoms with E-state index in [0.717, 1.165) is 6.92 Å². The number of nitrogens with one attached hydrogen (secondary N) is 1. The minimum atomic E-state index is -2.48. The van der Waals surface area contributed by atoms with Crippen LogP contribution in [0.2, 0.25) is 0 Å². The third-order valence-corrected chi connectivity index (χ3v) is 14.2. The zero-order valence-electron chi connectivity index (χ0n) is 37.7. The van der Waals surface area contributed by atoms with Gasteiger partial charge >= 0.3 is 29.8 Å². The van der Waals surface area contributed by atoms with E-state index in [-0.39, 0.29) is 41.7 Å². The van der Waals surface area contributed by atoms with Crippen LogP contribution in [0.3, 0.4) is 0 Å². The highest BCUT2D eigenvalue weighted by Crippen LogP contribution is 2.64. The zero-order chi connectivity index (χ0) is 48.6. The molecule has 1 heterocycles. The molecule has 0 aromatic heterocycles. The molecule has 1 aliphatic heterocycles. The molecule has 17 heteroatoms. The number of carbonyl (C=O) groups excluding carboxylic acids is 6. The van der Waals surface area contributed by atoms with Gasteiger partial charge in [-0.05, 0) is 61.2 Å². The minimum Gasteiger partial charge on any atom is -0.481 e. The molecule has 0 spiro atoms. The van der Waals surface area contributed by atoms with Crippen LogP contribution in [-0.4, -0.2) is 116 Å². The van der Waals surface area contributed by atoms with Crippen LogP contribution in [0.15, 0.2) is 102 Å². The Bertz CT molecular complexity index is 2440. The molecule has 17 nitrogen and oxygen atoms in total. The van der Waals surface area contributed by atoms with E-state index in [0.29, 0.717) is 5.56 Å². The van der Waals surface area contributed by atoms with E-state index < -0.39 is 131 Å². The number of ketones is 1. The number of ether oxygens (including phenoxy) is 5. The second kappa shape index (κ2) is 18.8. The first-order valence-corrected chi connectivity index (χ1v) is 22.1. The first-order valence-electron chi connectivity index (χ1n) is 22.1. The van der Waals surface area contributed by atoms with Gasteiger partial charge in [-0.2, -0.15) is 0 Å². The molecule has 3 aromatic rings. The number of amides is 1. The maximum Gasteiger partial charge on any atom is 0.338 e. The zero-order valence-corrected chi connectivity index (χ0v) is 37.7. The van der Waals surface area contributed by atoms with E-state index in [9.17, 15) is 49.2 Å². The molecule has 2 bridgehead atoms. The van der Waals surface area contributed by atoms with Gasteiger partial charge in [0.05, 0.1) is 35.6 Å². The third-order valence-electron chi connectivity index (χ3n) is 14.2. The van der Waals surface area contributed by atoms with Crippen molar-refractivity contribution in [3.63, 3.8) is 0 Å². The lowest BCUT2D eigenvalue weighted by Gasteiger charge is -2.67. The van der Waals surface area contributed by atoms with Gasteiger partial charge in [0.2, 0.25) is 0 Å². The quantitative estimate of drug-likeness (QED) is 0.0871. The molecule has 67 heavy (non-hydrogen) atoms. The van der Waals surface area contributed by atoms with Crippen molar-refractivity contribution in [3.8, 4) is 0 Å². The van der Waals surface area contributed by atoms with Gasteiger partial charge in [0.15, 0.2) is 23.6 Å². The number of carbonyl (C=O) groups is 7. The summed E-state index contributed by atoms with van der Waals surface area (Å²) in [7, 11) is 0. The molecule has 11 atom stereocenters. The van der Waals surface area contributed by atoms with Crippen LogP contribution in [0.1, 0.15) is 99.0 Å². The number of aliphatic hydroxyl groups is 3. The van der Waals surface area contributed by atoms with Gasteiger partial charge in [0.25, 0.3) is 5.91 Å². The number of aliphatic carboxylic acids is 1. The second-order valence-electron chi connectivity index (χ2n) is 18.5. The predicted molar refractivity (Wildman–Crippen MR) is 234 cm³/mol. The number of aliphatic hydroxyl groups excluding tert-OH is 2. The molecule has 3 fully saturated rings. The molecule has 0 unspecified atom stereocenters. The first-order chi connectivity index (χ1) is 31.7. The smallest absolute Gasteiger partial charge is 0.338 e. The molecule has 356 valence electrons. The lowest BCUT2D eigenvalue weighted by molar-refractivity contribution is -0.346. The normalized spacial score (nSPS) is 30.3. The second-order valence-corrected chi connectivity index (χ2v) is 18.5. The molecule has 3 aromatic carbocycles. The highest BCUT2D eigenvalue weighted by molar-refractivity contribution is 5.96. The Kier molecular flexibility index (Phi) is 13.6. The van der Waals surface area contributed by atoms with Crippen LogP contribution < -0.4 is 5.32 Å². The van der Waals surface area contributed by atoms with E-state index in [1.54, 1.807) is 78.9 Å². The number of hydrogen-bond donors (Lipinski definition) is 5. The van der Waals surface area contributed by atoms with Crippen LogP contribution in [0, 0.1) is 16.7 Å². The van der Waals surface area contributed by atoms with Crippen molar-refractivity contribution in [1.29, 1.82) is 0 Å². The summed E-state index contributed by atoms with van der Waals surface area (Å²) in [4.78, 5) is 96.3. The van der Waals surface area contributed by atoms with Crippen molar-refractivity contribution in [3.05, 3.63) is 119 Å². The number of rotatable bonds is 14. The van der Waals surface area contributed by atoms with Crippen molar-refractivity contribution >= 4 is 41.5 Å². The van der Waals surface area contributed by atoms with Gasteiger partial charge in [-0.25, -0.2) is 9.59 Å². The standard InChI is InChI=1S/C50H55NO16/c1-27-32(64-46(61)39(57)38(29-16-9-6-10-17-29)51-44(59)30-18-11-7-12-19-30)25-50(62)43(66-45(60)31-20-13-8-14-21-31)41-48(5,33(53)24-34-49(41,26-63-34)67-28(2)52)42(58)40(37(27)47(50,3)4)65-36(56)23-15-22-35(54)55/h6-14,16-21,32-34,38-41,43,53,57,62H,15,22-26H2,1-5H3,(H,51,59)(H,54,55)/t32-,33-,34+,38-,39+,40+,41-,43-,48+,49-,50+/m0/s1. The molecule has 5 N–H and O–H groups in total. The van der Waals surface area contributed by atoms with E-state index in [4.69, 9.17) is 23.7 Å². The Balaban J connectivity index is 1.40. The van der Waals surface area contributed by atoms with Crippen molar-refractivity contribution in [2.24, 2.45) is 16.7 Å². The summed E-state index contributed by atoms with van der Waals surface area (Å²) < 4.78 is 30.5. The fourth-order valence-electron chi connectivity index (χ4n) is 10.6. The molecule has 3 aliphatic carbocycles. The lowest BCUT2D eigenvalue weighted by atomic mass is 9.44. The van der Waals surface area contributed by atoms with E-state index in [1.807, 2.05) is 0 Å². The number of carboxylic acids is 1. The maximum atomic E-state index is 15.8. The monoisotopic (exact) mass is 925 g/mol. The Hall–Kier alpha value is -6.27. The van der Waals surface area contributed by atoms with Crippen LogP contribution >= 0.6 is 0 Å². The Morgan fingerprint density at radius 3 is 2.01 bits per heavy atom. The molecule has 2 saturated carbocycles. The van der Waals surface area contributed by atoms with Crippen molar-refractivity contribution in [1.82, 2.24) is 5.32 Å². The first kappa shape index (κ1) is 48.7. The number of benzene rings is 3. The van der Waals surface area contributed by atoms with Crippen LogP contribution in [0.4, 0.5) is 0 Å². The molecule has 1 saturated heterocycles. The van der Waals surface area contributed by atoms with Crippen LogP contribution in [0.25, 0.3) is 0 Å². The number of carboxylic acid groups (broad SMARTS) is 1. The molecule has 1 amide bonds. The summed E-state index contributed by atoms with van der Waals surface area (Å²) in [6.45, 7) is 6.62. The third kappa shape index (κ3) is 8.76. The summed E-state index contributed by atoms with van der Waals surface area (Å²) in [5, 5.41) is 49.9. The number of esters is 4. The highest BCUT2D eigenvalue weighted by atomic mass is 16.6. The molecular weight excluding hydrogens is 871 g/mol. The van der Waals surface area contributed by atoms with Gasteiger partial charge in [-0.1, -0.05) is 80.6 Å². The van der Waals surface area contributed by atoms with Crippen molar-refractivity contribution < 1.29 is 77.7 Å². The molecule has 7 rings (SSSR count). The highest BCUT2D eigenvalue weighted by Gasteiger charge is 2.78. The van der Waals surface area contributed by atoms with Gasteiger partial charge in [0.1, 0.15) is 23.9 Å². The van der Waals surface area contributed by atoms with Crippen LogP contribution in [0.5, 0.6) is 0 Å². The SMILES string of the molecule is CC(=O)O[C@@]12CO[C@@H]1C[C@H](O)[C@@]1(C)C(=O)[C@H](OC(=O)CCCC(=O)O)C3=C(C)[C@@H](OC(=O)[C@H](O)[C@@H](NC(=O)c4ccccc4)c4ccccc4)C[C@@](O)([C@@H](OC(=O)c4ccccc4)[C@H]21)C3(C)C. The van der Waals surface area contributed by atoms with E-state index in [1.165, 1.54) is 39.8 Å². The predicted octanol–water partition coefficient (Wildman–Crippen LogP) is 3.97. The largest absolute Gasteiger partial charge is 0.481 e. The van der Waals surface area contributed by atoms with Crippen molar-refractivity contribution in [2.75, 3.05) is 6.61 Å². The summed E-state index contributed by atoms with van der Waals surface area (Å²) >= 11 is 0. The number of hydrogen-bond acceptors (Lipinski definition) is 15. The maximum absolute atomic E-state index is 15.8. The van der Waals surface area contributed by atoms with E-state index in [2.05, 4.69) is 5.32 Å². The summed E-state index contributed by atoms with van der Waals surface area (Å²) in [6, 6.07) is 22.6. The van der Waals surface area contributed by atoms with Crippen LogP contribution in [-0.2, 0) is 47.7 Å². The average Bonchev–Trinajstić information content (AvgIpc) is 3.29. The van der Waals surface area contributed by atoms with Crippen molar-refractivity contribution in [2.45, 2.75) is 121 Å². The Morgan fingerprint density at radius 2 is 1.45 bits per heavy atom. The molecular formula is C50H55NO16. The topological polar surface area (TPSA) is 259 Å². The Labute approximate surface area is 386 Å². The number of fused-ring (bicyclic) bond motifs is 5. The molecule has 0 radical (unpaired) electrons. The fraction of sp³-hybridized carbons (Fsp3) is 0.460. The minimum absolute atomic E-state index is 0.0322.